The third-order valence-corrected chi connectivity index (χ3v) is 4.07. The number of aromatic nitrogens is 1. The van der Waals surface area contributed by atoms with Crippen LogP contribution in [0.5, 0.6) is 0 Å². The molecule has 0 fully saturated rings. The minimum atomic E-state index is -0.504. The fourth-order valence-electron chi connectivity index (χ4n) is 2.13. The summed E-state index contributed by atoms with van der Waals surface area (Å²) in [5.41, 5.74) is 2.72. The van der Waals surface area contributed by atoms with E-state index in [2.05, 4.69) is 20.9 Å². The van der Waals surface area contributed by atoms with E-state index in [-0.39, 0.29) is 0 Å². The van der Waals surface area contributed by atoms with Crippen LogP contribution in [0.15, 0.2) is 53.0 Å². The highest BCUT2D eigenvalue weighted by Crippen LogP contribution is 2.28. The second kappa shape index (κ2) is 5.76. The van der Waals surface area contributed by atoms with Crippen molar-refractivity contribution in [2.24, 2.45) is 0 Å². The molecule has 0 saturated carbocycles. The molecule has 0 bridgehead atoms. The number of hydrogen-bond acceptors (Lipinski definition) is 2. The first-order chi connectivity index (χ1) is 10.0. The molecular formula is C16H8BrCl2NO. The van der Waals surface area contributed by atoms with Gasteiger partial charge in [0.1, 0.15) is 0 Å². The van der Waals surface area contributed by atoms with Crippen molar-refractivity contribution in [3.8, 4) is 11.3 Å². The number of nitrogens with zero attached hydrogens (tertiary/aromatic N) is 1. The predicted octanol–water partition coefficient (Wildman–Crippen LogP) is 5.70. The number of pyridine rings is 1. The summed E-state index contributed by atoms with van der Waals surface area (Å²) in [6, 6.07) is 14.6. The minimum absolute atomic E-state index is 0.438. The normalized spacial score (nSPS) is 10.8. The van der Waals surface area contributed by atoms with Gasteiger partial charge in [0.15, 0.2) is 0 Å². The summed E-state index contributed by atoms with van der Waals surface area (Å²) in [5.74, 6) is 0. The molecule has 104 valence electrons. The maximum absolute atomic E-state index is 11.7. The molecule has 2 nitrogen and oxygen atoms in total. The number of hydrogen-bond donors (Lipinski definition) is 0. The number of carbonyl (C=O) groups excluding carboxylic acids is 1. The van der Waals surface area contributed by atoms with E-state index in [1.54, 1.807) is 18.2 Å². The third kappa shape index (κ3) is 2.95. The number of fused-ring (bicyclic) bond motifs is 1. The Morgan fingerprint density at radius 3 is 2.43 bits per heavy atom. The summed E-state index contributed by atoms with van der Waals surface area (Å²) in [5, 5.41) is 0.870. The summed E-state index contributed by atoms with van der Waals surface area (Å²) < 4.78 is 0.871. The van der Waals surface area contributed by atoms with Crippen LogP contribution < -0.4 is 0 Å². The second-order valence-electron chi connectivity index (χ2n) is 4.50. The first-order valence-corrected chi connectivity index (χ1v) is 7.65. The third-order valence-electron chi connectivity index (χ3n) is 3.12. The average molecular weight is 381 g/mol. The van der Waals surface area contributed by atoms with Crippen LogP contribution in [0.4, 0.5) is 0 Å². The van der Waals surface area contributed by atoms with Crippen molar-refractivity contribution in [2.45, 2.75) is 0 Å². The molecule has 0 spiro atoms. The summed E-state index contributed by atoms with van der Waals surface area (Å²) in [7, 11) is 0. The maximum Gasteiger partial charge on any atom is 0.253 e. The zero-order chi connectivity index (χ0) is 15.0. The van der Waals surface area contributed by atoms with Gasteiger partial charge in [0.05, 0.1) is 11.2 Å². The molecule has 0 N–H and O–H groups in total. The van der Waals surface area contributed by atoms with E-state index in [4.69, 9.17) is 23.2 Å². The molecule has 3 rings (SSSR count). The Morgan fingerprint density at radius 1 is 1.05 bits per heavy atom. The van der Waals surface area contributed by atoms with Gasteiger partial charge >= 0.3 is 0 Å². The Morgan fingerprint density at radius 2 is 1.76 bits per heavy atom. The van der Waals surface area contributed by atoms with Crippen molar-refractivity contribution in [1.82, 2.24) is 4.98 Å². The van der Waals surface area contributed by atoms with E-state index in [9.17, 15) is 4.79 Å². The molecular weight excluding hydrogens is 373 g/mol. The van der Waals surface area contributed by atoms with Crippen molar-refractivity contribution >= 4 is 55.3 Å². The van der Waals surface area contributed by atoms with E-state index >= 15 is 0 Å². The molecule has 2 aromatic carbocycles. The number of benzene rings is 2. The molecule has 21 heavy (non-hydrogen) atoms. The standard InChI is InChI=1S/C16H8BrCl2NO/c17-10-3-6-14-12(7-10)13(16(19)21)8-15(20-14)9-1-4-11(18)5-2-9/h1-8H. The first kappa shape index (κ1) is 14.5. The number of halogens is 3. The van der Waals surface area contributed by atoms with Gasteiger partial charge in [-0.1, -0.05) is 39.7 Å². The Hall–Kier alpha value is -1.42. The van der Waals surface area contributed by atoms with Gasteiger partial charge in [-0.25, -0.2) is 4.98 Å². The quantitative estimate of drug-likeness (QED) is 0.534. The topological polar surface area (TPSA) is 30.0 Å². The predicted molar refractivity (Wildman–Crippen MR) is 90.1 cm³/mol. The number of rotatable bonds is 2. The van der Waals surface area contributed by atoms with Gasteiger partial charge in [-0.05, 0) is 48.0 Å². The van der Waals surface area contributed by atoms with Crippen LogP contribution in [0.2, 0.25) is 5.02 Å². The van der Waals surface area contributed by atoms with Crippen molar-refractivity contribution in [3.63, 3.8) is 0 Å². The highest BCUT2D eigenvalue weighted by atomic mass is 79.9. The SMILES string of the molecule is O=C(Cl)c1cc(-c2ccc(Cl)cc2)nc2ccc(Br)cc12. The molecule has 0 amide bonds. The van der Waals surface area contributed by atoms with Crippen LogP contribution in [0, 0.1) is 0 Å². The Bertz CT molecular complexity index is 847. The summed E-state index contributed by atoms with van der Waals surface area (Å²) in [4.78, 5) is 16.3. The van der Waals surface area contributed by atoms with Gasteiger partial charge in [0.25, 0.3) is 5.24 Å². The molecule has 0 radical (unpaired) electrons. The molecule has 0 saturated heterocycles. The lowest BCUT2D eigenvalue weighted by Gasteiger charge is -2.08. The van der Waals surface area contributed by atoms with E-state index in [1.165, 1.54) is 0 Å². The van der Waals surface area contributed by atoms with Crippen LogP contribution >= 0.6 is 39.1 Å². The van der Waals surface area contributed by atoms with Gasteiger partial charge in [0.2, 0.25) is 0 Å². The molecule has 1 heterocycles. The summed E-state index contributed by atoms with van der Waals surface area (Å²) in [6.45, 7) is 0. The molecule has 0 aliphatic carbocycles. The van der Waals surface area contributed by atoms with Crippen LogP contribution in [0.1, 0.15) is 10.4 Å². The average Bonchev–Trinajstić information content (AvgIpc) is 2.46. The molecule has 1 aromatic heterocycles. The summed E-state index contributed by atoms with van der Waals surface area (Å²) in [6.07, 6.45) is 0. The van der Waals surface area contributed by atoms with Crippen LogP contribution in [0.25, 0.3) is 22.2 Å². The highest BCUT2D eigenvalue weighted by molar-refractivity contribution is 9.10. The molecule has 0 unspecified atom stereocenters. The monoisotopic (exact) mass is 379 g/mol. The second-order valence-corrected chi connectivity index (χ2v) is 6.19. The van der Waals surface area contributed by atoms with E-state index in [0.29, 0.717) is 16.3 Å². The largest absolute Gasteiger partial charge is 0.276 e. The molecule has 3 aromatic rings. The van der Waals surface area contributed by atoms with Gasteiger partial charge in [-0.2, -0.15) is 0 Å². The van der Waals surface area contributed by atoms with E-state index in [0.717, 1.165) is 20.9 Å². The van der Waals surface area contributed by atoms with Crippen molar-refractivity contribution in [2.75, 3.05) is 0 Å². The Labute approximate surface area is 139 Å². The van der Waals surface area contributed by atoms with Gasteiger partial charge in [-0.15, -0.1) is 0 Å². The lowest BCUT2D eigenvalue weighted by Crippen LogP contribution is -1.95. The Balaban J connectivity index is 2.28. The molecule has 5 heteroatoms. The van der Waals surface area contributed by atoms with Gasteiger partial charge in [-0.3, -0.25) is 4.79 Å². The molecule has 0 atom stereocenters. The zero-order valence-corrected chi connectivity index (χ0v) is 13.7. The Kier molecular flexibility index (Phi) is 3.98. The van der Waals surface area contributed by atoms with E-state index < -0.39 is 5.24 Å². The maximum atomic E-state index is 11.7. The molecule has 0 aliphatic heterocycles. The molecule has 0 aliphatic rings. The van der Waals surface area contributed by atoms with Gasteiger partial charge < -0.3 is 0 Å². The van der Waals surface area contributed by atoms with Crippen molar-refractivity contribution < 1.29 is 4.79 Å². The first-order valence-electron chi connectivity index (χ1n) is 6.11. The minimum Gasteiger partial charge on any atom is -0.276 e. The van der Waals surface area contributed by atoms with Crippen molar-refractivity contribution in [3.05, 3.63) is 63.6 Å². The smallest absolute Gasteiger partial charge is 0.253 e. The summed E-state index contributed by atoms with van der Waals surface area (Å²) >= 11 is 15.0. The lowest BCUT2D eigenvalue weighted by atomic mass is 10.0. The van der Waals surface area contributed by atoms with Crippen LogP contribution in [-0.2, 0) is 0 Å². The fraction of sp³-hybridized carbons (Fsp3) is 0. The number of carbonyl (C=O) groups is 1. The van der Waals surface area contributed by atoms with Crippen LogP contribution in [0.3, 0.4) is 0 Å². The van der Waals surface area contributed by atoms with Crippen molar-refractivity contribution in [1.29, 1.82) is 0 Å². The zero-order valence-electron chi connectivity index (χ0n) is 10.6. The van der Waals surface area contributed by atoms with E-state index in [1.807, 2.05) is 30.3 Å². The van der Waals surface area contributed by atoms with Gasteiger partial charge in [0, 0.05) is 26.0 Å². The van der Waals surface area contributed by atoms with Crippen LogP contribution in [-0.4, -0.2) is 10.2 Å². The highest BCUT2D eigenvalue weighted by Gasteiger charge is 2.12. The fourth-order valence-corrected chi connectivity index (χ4v) is 2.77. The lowest BCUT2D eigenvalue weighted by molar-refractivity contribution is 0.108.